The van der Waals surface area contributed by atoms with Crippen LogP contribution in [0.1, 0.15) is 45.4 Å². The standard InChI is InChI=1S/C20H35N3O4/c1-2-3-13-27-20(25)22-9-6-18(7-10-22)23-8-4-5-17(16-23)19(24)21-11-14-26-15-12-21/h17-18H,2-16H2,1H3/t17-/m0/s1. The molecule has 27 heavy (non-hydrogen) atoms. The molecule has 0 N–H and O–H groups in total. The van der Waals surface area contributed by atoms with Crippen molar-refractivity contribution in [2.24, 2.45) is 5.92 Å². The summed E-state index contributed by atoms with van der Waals surface area (Å²) in [6.45, 7) is 8.84. The van der Waals surface area contributed by atoms with Gasteiger partial charge in [-0.1, -0.05) is 13.3 Å². The van der Waals surface area contributed by atoms with E-state index in [1.165, 1.54) is 0 Å². The summed E-state index contributed by atoms with van der Waals surface area (Å²) in [6.07, 6.45) is 5.82. The number of carbonyl (C=O) groups excluding carboxylic acids is 2. The molecule has 0 saturated carbocycles. The first-order valence-corrected chi connectivity index (χ1v) is 10.7. The van der Waals surface area contributed by atoms with Crippen LogP contribution in [0.2, 0.25) is 0 Å². The minimum atomic E-state index is -0.166. The van der Waals surface area contributed by atoms with Gasteiger partial charge in [0.15, 0.2) is 0 Å². The van der Waals surface area contributed by atoms with E-state index in [1.807, 2.05) is 9.80 Å². The molecule has 0 bridgehead atoms. The molecular weight excluding hydrogens is 346 g/mol. The van der Waals surface area contributed by atoms with E-state index in [9.17, 15) is 9.59 Å². The van der Waals surface area contributed by atoms with E-state index in [4.69, 9.17) is 9.47 Å². The molecule has 3 aliphatic heterocycles. The van der Waals surface area contributed by atoms with Gasteiger partial charge in [-0.2, -0.15) is 0 Å². The number of amides is 2. The third kappa shape index (κ3) is 5.57. The van der Waals surface area contributed by atoms with Crippen molar-refractivity contribution < 1.29 is 19.1 Å². The van der Waals surface area contributed by atoms with Crippen molar-refractivity contribution in [1.29, 1.82) is 0 Å². The Labute approximate surface area is 162 Å². The van der Waals surface area contributed by atoms with Crippen LogP contribution in [0.3, 0.4) is 0 Å². The van der Waals surface area contributed by atoms with E-state index in [0.29, 0.717) is 31.8 Å². The van der Waals surface area contributed by atoms with Gasteiger partial charge in [-0.05, 0) is 38.6 Å². The fraction of sp³-hybridized carbons (Fsp3) is 0.900. The van der Waals surface area contributed by atoms with E-state index >= 15 is 0 Å². The molecule has 0 radical (unpaired) electrons. The number of hydrogen-bond donors (Lipinski definition) is 0. The lowest BCUT2D eigenvalue weighted by molar-refractivity contribution is -0.141. The lowest BCUT2D eigenvalue weighted by Crippen LogP contribution is -2.53. The zero-order chi connectivity index (χ0) is 19.1. The molecule has 7 heteroatoms. The Morgan fingerprint density at radius 1 is 1.00 bits per heavy atom. The van der Waals surface area contributed by atoms with Gasteiger partial charge in [-0.3, -0.25) is 9.69 Å². The van der Waals surface area contributed by atoms with Crippen molar-refractivity contribution in [3.8, 4) is 0 Å². The highest BCUT2D eigenvalue weighted by Gasteiger charge is 2.34. The molecule has 0 unspecified atom stereocenters. The van der Waals surface area contributed by atoms with Crippen LogP contribution < -0.4 is 0 Å². The summed E-state index contributed by atoms with van der Waals surface area (Å²) in [6, 6.07) is 0.477. The van der Waals surface area contributed by atoms with Crippen LogP contribution in [0.4, 0.5) is 4.79 Å². The second kappa shape index (κ2) is 10.3. The number of ether oxygens (including phenoxy) is 2. The Morgan fingerprint density at radius 3 is 2.44 bits per heavy atom. The topological polar surface area (TPSA) is 62.3 Å². The molecule has 0 aromatic heterocycles. The van der Waals surface area contributed by atoms with Gasteiger partial charge in [-0.15, -0.1) is 0 Å². The van der Waals surface area contributed by atoms with E-state index in [0.717, 1.165) is 77.8 Å². The van der Waals surface area contributed by atoms with Crippen LogP contribution in [0.5, 0.6) is 0 Å². The van der Waals surface area contributed by atoms with E-state index in [2.05, 4.69) is 11.8 Å². The van der Waals surface area contributed by atoms with Gasteiger partial charge in [0.2, 0.25) is 5.91 Å². The monoisotopic (exact) mass is 381 g/mol. The molecule has 3 rings (SSSR count). The summed E-state index contributed by atoms with van der Waals surface area (Å²) >= 11 is 0. The summed E-state index contributed by atoms with van der Waals surface area (Å²) in [5.74, 6) is 0.425. The van der Waals surface area contributed by atoms with Gasteiger partial charge >= 0.3 is 6.09 Å². The SMILES string of the molecule is CCCCOC(=O)N1CCC(N2CCC[C@H](C(=O)N3CCOCC3)C2)CC1. The van der Waals surface area contributed by atoms with Gasteiger partial charge in [0, 0.05) is 38.8 Å². The maximum absolute atomic E-state index is 12.8. The fourth-order valence-corrected chi connectivity index (χ4v) is 4.39. The molecule has 3 fully saturated rings. The molecule has 3 saturated heterocycles. The van der Waals surface area contributed by atoms with Crippen molar-refractivity contribution >= 4 is 12.0 Å². The third-order valence-electron chi connectivity index (χ3n) is 6.09. The van der Waals surface area contributed by atoms with E-state index < -0.39 is 0 Å². The van der Waals surface area contributed by atoms with Crippen LogP contribution in [0.15, 0.2) is 0 Å². The maximum Gasteiger partial charge on any atom is 0.409 e. The van der Waals surface area contributed by atoms with Gasteiger partial charge in [0.25, 0.3) is 0 Å². The van der Waals surface area contributed by atoms with Gasteiger partial charge in [0.1, 0.15) is 0 Å². The summed E-state index contributed by atoms with van der Waals surface area (Å²) in [5.41, 5.74) is 0. The predicted octanol–water partition coefficient (Wildman–Crippen LogP) is 1.96. The van der Waals surface area contributed by atoms with Crippen LogP contribution >= 0.6 is 0 Å². The zero-order valence-corrected chi connectivity index (χ0v) is 16.7. The second-order valence-electron chi connectivity index (χ2n) is 7.96. The van der Waals surface area contributed by atoms with Crippen molar-refractivity contribution in [2.45, 2.75) is 51.5 Å². The number of rotatable bonds is 5. The van der Waals surface area contributed by atoms with Gasteiger partial charge in [-0.25, -0.2) is 4.79 Å². The lowest BCUT2D eigenvalue weighted by atomic mass is 9.93. The van der Waals surface area contributed by atoms with Crippen molar-refractivity contribution in [2.75, 3.05) is 59.1 Å². The molecule has 1 atom stereocenters. The summed E-state index contributed by atoms with van der Waals surface area (Å²) in [4.78, 5) is 31.2. The van der Waals surface area contributed by atoms with Crippen molar-refractivity contribution in [3.63, 3.8) is 0 Å². The van der Waals surface area contributed by atoms with Crippen LogP contribution in [-0.2, 0) is 14.3 Å². The average Bonchev–Trinajstić information content (AvgIpc) is 2.74. The average molecular weight is 382 g/mol. The number of hydrogen-bond acceptors (Lipinski definition) is 5. The highest BCUT2D eigenvalue weighted by atomic mass is 16.6. The van der Waals surface area contributed by atoms with E-state index in [1.54, 1.807) is 0 Å². The normalized spacial score (nSPS) is 25.4. The number of likely N-dealkylation sites (tertiary alicyclic amines) is 2. The Bertz CT molecular complexity index is 488. The molecule has 0 aliphatic carbocycles. The van der Waals surface area contributed by atoms with Crippen LogP contribution in [-0.4, -0.2) is 91.8 Å². The minimum Gasteiger partial charge on any atom is -0.449 e. The fourth-order valence-electron chi connectivity index (χ4n) is 4.39. The molecule has 7 nitrogen and oxygen atoms in total. The van der Waals surface area contributed by atoms with Gasteiger partial charge in [0.05, 0.1) is 25.7 Å². The first kappa shape index (κ1) is 20.4. The summed E-state index contributed by atoms with van der Waals surface area (Å²) in [7, 11) is 0. The van der Waals surface area contributed by atoms with Crippen molar-refractivity contribution in [1.82, 2.24) is 14.7 Å². The molecule has 3 aliphatic rings. The first-order valence-electron chi connectivity index (χ1n) is 10.7. The molecule has 0 aromatic rings. The molecule has 0 aromatic carbocycles. The molecule has 0 spiro atoms. The Hall–Kier alpha value is -1.34. The maximum atomic E-state index is 12.8. The molecule has 2 amide bonds. The Balaban J connectivity index is 1.44. The third-order valence-corrected chi connectivity index (χ3v) is 6.09. The zero-order valence-electron chi connectivity index (χ0n) is 16.7. The smallest absolute Gasteiger partial charge is 0.409 e. The predicted molar refractivity (Wildman–Crippen MR) is 103 cm³/mol. The molecule has 3 heterocycles. The summed E-state index contributed by atoms with van der Waals surface area (Å²) < 4.78 is 10.7. The molecular formula is C20H35N3O4. The largest absolute Gasteiger partial charge is 0.449 e. The number of piperidine rings is 2. The first-order chi connectivity index (χ1) is 13.2. The van der Waals surface area contributed by atoms with Crippen molar-refractivity contribution in [3.05, 3.63) is 0 Å². The van der Waals surface area contributed by atoms with Crippen LogP contribution in [0.25, 0.3) is 0 Å². The Kier molecular flexibility index (Phi) is 7.76. The molecule has 154 valence electrons. The van der Waals surface area contributed by atoms with Crippen LogP contribution in [0, 0.1) is 5.92 Å². The summed E-state index contributed by atoms with van der Waals surface area (Å²) in [5, 5.41) is 0. The second-order valence-corrected chi connectivity index (χ2v) is 7.96. The Morgan fingerprint density at radius 2 is 1.74 bits per heavy atom. The quantitative estimate of drug-likeness (QED) is 0.681. The van der Waals surface area contributed by atoms with Gasteiger partial charge < -0.3 is 19.3 Å². The number of carbonyl (C=O) groups is 2. The lowest BCUT2D eigenvalue weighted by Gasteiger charge is -2.42. The highest BCUT2D eigenvalue weighted by Crippen LogP contribution is 2.25. The highest BCUT2D eigenvalue weighted by molar-refractivity contribution is 5.79. The number of nitrogens with zero attached hydrogens (tertiary/aromatic N) is 3. The van der Waals surface area contributed by atoms with E-state index in [-0.39, 0.29) is 12.0 Å². The minimum absolute atomic E-state index is 0.119. The number of unbranched alkanes of at least 4 members (excludes halogenated alkanes) is 1. The number of morpholine rings is 1.